The molecule has 14 heavy (non-hydrogen) atoms. The van der Waals surface area contributed by atoms with Crippen LogP contribution in [0.25, 0.3) is 0 Å². The molecular weight excluding hydrogens is 172 g/mol. The molecule has 1 fully saturated rings. The van der Waals surface area contributed by atoms with Gasteiger partial charge in [0.05, 0.1) is 0 Å². The lowest BCUT2D eigenvalue weighted by Crippen LogP contribution is -2.25. The van der Waals surface area contributed by atoms with Crippen LogP contribution in [-0.4, -0.2) is 18.1 Å². The van der Waals surface area contributed by atoms with Crippen molar-refractivity contribution in [1.82, 2.24) is 4.98 Å². The first kappa shape index (κ1) is 9.50. The van der Waals surface area contributed by atoms with Gasteiger partial charge in [-0.3, -0.25) is 0 Å². The highest BCUT2D eigenvalue weighted by atomic mass is 15.2. The van der Waals surface area contributed by atoms with Gasteiger partial charge in [0.1, 0.15) is 5.82 Å². The number of hydrogen-bond acceptors (Lipinski definition) is 2. The molecular formula is C12H18N2. The third-order valence-electron chi connectivity index (χ3n) is 2.89. The fourth-order valence-corrected chi connectivity index (χ4v) is 2.09. The van der Waals surface area contributed by atoms with Crippen molar-refractivity contribution in [3.63, 3.8) is 0 Å². The molecule has 0 atom stereocenters. The lowest BCUT2D eigenvalue weighted by Gasteiger charge is -2.22. The lowest BCUT2D eigenvalue weighted by atomic mass is 10.2. The van der Waals surface area contributed by atoms with Gasteiger partial charge in [0.15, 0.2) is 0 Å². The van der Waals surface area contributed by atoms with E-state index < -0.39 is 0 Å². The Morgan fingerprint density at radius 1 is 1.14 bits per heavy atom. The Hall–Kier alpha value is -1.05. The zero-order valence-electron chi connectivity index (χ0n) is 8.87. The van der Waals surface area contributed by atoms with Gasteiger partial charge in [0.2, 0.25) is 0 Å². The fourth-order valence-electron chi connectivity index (χ4n) is 2.09. The third-order valence-corrected chi connectivity index (χ3v) is 2.89. The number of pyridine rings is 1. The predicted octanol–water partition coefficient (Wildman–Crippen LogP) is 2.77. The standard InChI is InChI=1S/C12H18N2/c1-11-7-6-8-13-12(11)14-9-4-2-3-5-10-14/h6-8H,2-5,9-10H2,1H3. The van der Waals surface area contributed by atoms with E-state index >= 15 is 0 Å². The Bertz CT molecular complexity index is 288. The predicted molar refractivity (Wildman–Crippen MR) is 59.7 cm³/mol. The summed E-state index contributed by atoms with van der Waals surface area (Å²) in [5.74, 6) is 1.19. The summed E-state index contributed by atoms with van der Waals surface area (Å²) >= 11 is 0. The van der Waals surface area contributed by atoms with E-state index in [1.165, 1.54) is 50.2 Å². The molecule has 2 heteroatoms. The van der Waals surface area contributed by atoms with Crippen molar-refractivity contribution < 1.29 is 0 Å². The van der Waals surface area contributed by atoms with E-state index in [2.05, 4.69) is 22.9 Å². The molecule has 0 bridgehead atoms. The third kappa shape index (κ3) is 2.06. The number of anilines is 1. The summed E-state index contributed by atoms with van der Waals surface area (Å²) in [5.41, 5.74) is 1.30. The molecule has 0 amide bonds. The van der Waals surface area contributed by atoms with E-state index in [9.17, 15) is 0 Å². The van der Waals surface area contributed by atoms with E-state index in [0.717, 1.165) is 0 Å². The number of hydrogen-bond donors (Lipinski definition) is 0. The summed E-state index contributed by atoms with van der Waals surface area (Å²) in [6.45, 7) is 4.50. The zero-order valence-corrected chi connectivity index (χ0v) is 8.87. The van der Waals surface area contributed by atoms with Crippen molar-refractivity contribution in [2.24, 2.45) is 0 Å². The molecule has 2 heterocycles. The molecule has 2 rings (SSSR count). The Balaban J connectivity index is 2.16. The second kappa shape index (κ2) is 4.45. The molecule has 0 saturated carbocycles. The molecule has 0 N–H and O–H groups in total. The van der Waals surface area contributed by atoms with Crippen LogP contribution in [0.5, 0.6) is 0 Å². The molecule has 76 valence electrons. The summed E-state index contributed by atoms with van der Waals surface area (Å²) in [5, 5.41) is 0. The van der Waals surface area contributed by atoms with E-state index in [-0.39, 0.29) is 0 Å². The first-order valence-electron chi connectivity index (χ1n) is 5.54. The monoisotopic (exact) mass is 190 g/mol. The van der Waals surface area contributed by atoms with Gasteiger partial charge < -0.3 is 4.90 Å². The fraction of sp³-hybridized carbons (Fsp3) is 0.583. The summed E-state index contributed by atoms with van der Waals surface area (Å²) in [4.78, 5) is 6.90. The first-order valence-corrected chi connectivity index (χ1v) is 5.54. The maximum Gasteiger partial charge on any atom is 0.131 e. The first-order chi connectivity index (χ1) is 6.88. The van der Waals surface area contributed by atoms with Gasteiger partial charge in [-0.2, -0.15) is 0 Å². The SMILES string of the molecule is Cc1cccnc1N1CCCCCC1. The molecule has 0 aromatic carbocycles. The maximum absolute atomic E-state index is 4.47. The second-order valence-electron chi connectivity index (χ2n) is 4.05. The van der Waals surface area contributed by atoms with Crippen molar-refractivity contribution in [2.45, 2.75) is 32.6 Å². The summed E-state index contributed by atoms with van der Waals surface area (Å²) < 4.78 is 0. The minimum atomic E-state index is 1.18. The molecule has 1 aliphatic heterocycles. The Morgan fingerprint density at radius 2 is 1.86 bits per heavy atom. The van der Waals surface area contributed by atoms with Crippen LogP contribution in [0, 0.1) is 6.92 Å². The van der Waals surface area contributed by atoms with Crippen LogP contribution in [0.4, 0.5) is 5.82 Å². The van der Waals surface area contributed by atoms with E-state index in [1.807, 2.05) is 12.3 Å². The minimum Gasteiger partial charge on any atom is -0.356 e. The molecule has 0 unspecified atom stereocenters. The van der Waals surface area contributed by atoms with Gasteiger partial charge in [-0.25, -0.2) is 4.98 Å². The molecule has 2 nitrogen and oxygen atoms in total. The largest absolute Gasteiger partial charge is 0.356 e. The Labute approximate surface area is 86.0 Å². The van der Waals surface area contributed by atoms with Crippen molar-refractivity contribution >= 4 is 5.82 Å². The Morgan fingerprint density at radius 3 is 2.50 bits per heavy atom. The highest BCUT2D eigenvalue weighted by Crippen LogP contribution is 2.19. The molecule has 1 saturated heterocycles. The number of rotatable bonds is 1. The molecule has 1 aromatic rings. The van der Waals surface area contributed by atoms with Crippen LogP contribution < -0.4 is 4.90 Å². The summed E-state index contributed by atoms with van der Waals surface area (Å²) in [6.07, 6.45) is 7.28. The van der Waals surface area contributed by atoms with Crippen LogP contribution in [0.2, 0.25) is 0 Å². The molecule has 0 radical (unpaired) electrons. The second-order valence-corrected chi connectivity index (χ2v) is 4.05. The van der Waals surface area contributed by atoms with Gasteiger partial charge >= 0.3 is 0 Å². The molecule has 0 spiro atoms. The van der Waals surface area contributed by atoms with Gasteiger partial charge in [-0.1, -0.05) is 18.9 Å². The molecule has 1 aliphatic rings. The van der Waals surface area contributed by atoms with Crippen LogP contribution >= 0.6 is 0 Å². The van der Waals surface area contributed by atoms with Gasteiger partial charge in [-0.15, -0.1) is 0 Å². The Kier molecular flexibility index (Phi) is 3.02. The van der Waals surface area contributed by atoms with E-state index in [4.69, 9.17) is 0 Å². The van der Waals surface area contributed by atoms with Crippen LogP contribution in [0.1, 0.15) is 31.2 Å². The molecule has 0 aliphatic carbocycles. The van der Waals surface area contributed by atoms with Crippen molar-refractivity contribution in [3.8, 4) is 0 Å². The van der Waals surface area contributed by atoms with E-state index in [0.29, 0.717) is 0 Å². The maximum atomic E-state index is 4.47. The van der Waals surface area contributed by atoms with Crippen LogP contribution in [0.15, 0.2) is 18.3 Å². The summed E-state index contributed by atoms with van der Waals surface area (Å²) in [6, 6.07) is 4.16. The van der Waals surface area contributed by atoms with Crippen molar-refractivity contribution in [3.05, 3.63) is 23.9 Å². The van der Waals surface area contributed by atoms with Crippen molar-refractivity contribution in [2.75, 3.05) is 18.0 Å². The average Bonchev–Trinajstić information content (AvgIpc) is 2.47. The lowest BCUT2D eigenvalue weighted by molar-refractivity contribution is 0.726. The molecule has 1 aromatic heterocycles. The summed E-state index contributed by atoms with van der Waals surface area (Å²) in [7, 11) is 0. The number of aromatic nitrogens is 1. The number of aryl methyl sites for hydroxylation is 1. The number of nitrogens with zero attached hydrogens (tertiary/aromatic N) is 2. The van der Waals surface area contributed by atoms with Crippen molar-refractivity contribution in [1.29, 1.82) is 0 Å². The zero-order chi connectivity index (χ0) is 9.80. The smallest absolute Gasteiger partial charge is 0.131 e. The van der Waals surface area contributed by atoms with Crippen LogP contribution in [-0.2, 0) is 0 Å². The van der Waals surface area contributed by atoms with Gasteiger partial charge in [0.25, 0.3) is 0 Å². The normalized spacial score (nSPS) is 17.9. The topological polar surface area (TPSA) is 16.1 Å². The quantitative estimate of drug-likeness (QED) is 0.677. The van der Waals surface area contributed by atoms with Crippen LogP contribution in [0.3, 0.4) is 0 Å². The van der Waals surface area contributed by atoms with Gasteiger partial charge in [0, 0.05) is 19.3 Å². The highest BCUT2D eigenvalue weighted by molar-refractivity contribution is 5.45. The highest BCUT2D eigenvalue weighted by Gasteiger charge is 2.11. The van der Waals surface area contributed by atoms with E-state index in [1.54, 1.807) is 0 Å². The minimum absolute atomic E-state index is 1.18. The van der Waals surface area contributed by atoms with Gasteiger partial charge in [-0.05, 0) is 31.4 Å². The average molecular weight is 190 g/mol.